The van der Waals surface area contributed by atoms with Crippen molar-refractivity contribution in [1.82, 2.24) is 0 Å². The molecule has 0 bridgehead atoms. The molecule has 1 aliphatic carbocycles. The van der Waals surface area contributed by atoms with Gasteiger partial charge in [-0.15, -0.1) is 0 Å². The molecule has 0 heterocycles. The molecule has 1 unspecified atom stereocenters. The molecule has 2 heteroatoms. The molecule has 0 spiro atoms. The smallest absolute Gasteiger partial charge is 0.144 e. The van der Waals surface area contributed by atoms with Crippen LogP contribution in [-0.4, -0.2) is 5.78 Å². The molecule has 0 N–H and O–H groups in total. The normalized spacial score (nSPS) is 21.2. The van der Waals surface area contributed by atoms with Gasteiger partial charge in [0.05, 0.1) is 0 Å². The van der Waals surface area contributed by atoms with Crippen LogP contribution in [0, 0.1) is 0 Å². The van der Waals surface area contributed by atoms with Crippen LogP contribution >= 0.6 is 15.9 Å². The highest BCUT2D eigenvalue weighted by atomic mass is 79.9. The van der Waals surface area contributed by atoms with Gasteiger partial charge < -0.3 is 0 Å². The van der Waals surface area contributed by atoms with Gasteiger partial charge in [0.2, 0.25) is 0 Å². The van der Waals surface area contributed by atoms with Crippen LogP contribution in [0.25, 0.3) is 0 Å². The molecule has 1 aromatic rings. The molecule has 12 heavy (non-hydrogen) atoms. The van der Waals surface area contributed by atoms with Gasteiger partial charge in [-0.25, -0.2) is 0 Å². The van der Waals surface area contributed by atoms with Crippen molar-refractivity contribution in [2.45, 2.75) is 19.3 Å². The molecule has 0 amide bonds. The van der Waals surface area contributed by atoms with E-state index in [1.165, 1.54) is 11.1 Å². The van der Waals surface area contributed by atoms with E-state index in [9.17, 15) is 4.79 Å². The summed E-state index contributed by atoms with van der Waals surface area (Å²) in [6, 6.07) is 6.01. The molecule has 0 fully saturated rings. The summed E-state index contributed by atoms with van der Waals surface area (Å²) in [6.07, 6.45) is 0.595. The Bertz CT molecular complexity index is 344. The second-order valence-corrected chi connectivity index (χ2v) is 4.03. The average Bonchev–Trinajstić information content (AvgIpc) is 2.32. The zero-order valence-corrected chi connectivity index (χ0v) is 8.39. The summed E-state index contributed by atoms with van der Waals surface area (Å²) < 4.78 is 1.07. The van der Waals surface area contributed by atoms with Crippen LogP contribution in [-0.2, 0) is 11.2 Å². The van der Waals surface area contributed by atoms with Gasteiger partial charge in [-0.3, -0.25) is 4.79 Å². The SMILES string of the molecule is CC1C(=O)Cc2c(Br)cccc21. The standard InChI is InChI=1S/C10H9BrO/c1-6-7-3-2-4-9(11)8(7)5-10(6)12/h2-4,6H,5H2,1H3. The molecule has 0 aliphatic heterocycles. The van der Waals surface area contributed by atoms with Crippen molar-refractivity contribution in [3.63, 3.8) is 0 Å². The Morgan fingerprint density at radius 2 is 2.25 bits per heavy atom. The van der Waals surface area contributed by atoms with Crippen molar-refractivity contribution < 1.29 is 4.79 Å². The molecule has 1 atom stereocenters. The Morgan fingerprint density at radius 1 is 1.50 bits per heavy atom. The molecule has 0 radical (unpaired) electrons. The number of rotatable bonds is 0. The highest BCUT2D eigenvalue weighted by molar-refractivity contribution is 9.10. The maximum absolute atomic E-state index is 11.4. The highest BCUT2D eigenvalue weighted by Gasteiger charge is 2.27. The first-order valence-corrected chi connectivity index (χ1v) is 4.79. The van der Waals surface area contributed by atoms with E-state index in [0.717, 1.165) is 4.47 Å². The lowest BCUT2D eigenvalue weighted by Gasteiger charge is -2.02. The summed E-state index contributed by atoms with van der Waals surface area (Å²) in [4.78, 5) is 11.4. The fourth-order valence-electron chi connectivity index (χ4n) is 1.67. The fraction of sp³-hybridized carbons (Fsp3) is 0.300. The van der Waals surface area contributed by atoms with E-state index in [-0.39, 0.29) is 5.92 Å². The van der Waals surface area contributed by atoms with E-state index >= 15 is 0 Å². The summed E-state index contributed by atoms with van der Waals surface area (Å²) >= 11 is 3.45. The summed E-state index contributed by atoms with van der Waals surface area (Å²) in [5.74, 6) is 0.425. The predicted octanol–water partition coefficient (Wildman–Crippen LogP) is 2.68. The van der Waals surface area contributed by atoms with Crippen molar-refractivity contribution in [1.29, 1.82) is 0 Å². The first kappa shape index (κ1) is 7.99. The topological polar surface area (TPSA) is 17.1 Å². The third-order valence-corrected chi connectivity index (χ3v) is 3.20. The summed E-state index contributed by atoms with van der Waals surface area (Å²) in [5.41, 5.74) is 2.37. The molecule has 0 saturated carbocycles. The van der Waals surface area contributed by atoms with Crippen molar-refractivity contribution in [3.8, 4) is 0 Å². The lowest BCUT2D eigenvalue weighted by Crippen LogP contribution is -2.00. The summed E-state index contributed by atoms with van der Waals surface area (Å²) in [7, 11) is 0. The predicted molar refractivity (Wildman–Crippen MR) is 51.3 cm³/mol. The Hall–Kier alpha value is -0.630. The van der Waals surface area contributed by atoms with Crippen LogP contribution in [0.1, 0.15) is 24.0 Å². The number of Topliss-reactive ketones (excluding diaryl/α,β-unsaturated/α-hetero) is 1. The van der Waals surface area contributed by atoms with E-state index in [2.05, 4.69) is 15.9 Å². The van der Waals surface area contributed by atoms with Crippen LogP contribution in [0.3, 0.4) is 0 Å². The summed E-state index contributed by atoms with van der Waals surface area (Å²) in [5, 5.41) is 0. The number of carbonyl (C=O) groups excluding carboxylic acids is 1. The van der Waals surface area contributed by atoms with Crippen molar-refractivity contribution in [2.75, 3.05) is 0 Å². The minimum absolute atomic E-state index is 0.0949. The van der Waals surface area contributed by atoms with Gasteiger partial charge in [0.15, 0.2) is 0 Å². The lowest BCUT2D eigenvalue weighted by atomic mass is 10.0. The number of carbonyl (C=O) groups is 1. The molecule has 2 rings (SSSR count). The molecule has 0 aromatic heterocycles. The van der Waals surface area contributed by atoms with Crippen LogP contribution in [0.15, 0.2) is 22.7 Å². The minimum Gasteiger partial charge on any atom is -0.299 e. The quantitative estimate of drug-likeness (QED) is 0.663. The number of fused-ring (bicyclic) bond motifs is 1. The average molecular weight is 225 g/mol. The molecular weight excluding hydrogens is 216 g/mol. The van der Waals surface area contributed by atoms with Gasteiger partial charge in [-0.1, -0.05) is 35.0 Å². The largest absolute Gasteiger partial charge is 0.299 e. The molecule has 1 nitrogen and oxygen atoms in total. The first-order chi connectivity index (χ1) is 5.70. The molecular formula is C10H9BrO. The zero-order chi connectivity index (χ0) is 8.72. The second-order valence-electron chi connectivity index (χ2n) is 3.17. The van der Waals surface area contributed by atoms with E-state index in [1.807, 2.05) is 25.1 Å². The maximum Gasteiger partial charge on any atom is 0.144 e. The number of hydrogen-bond donors (Lipinski definition) is 0. The Labute approximate surface area is 79.9 Å². The Kier molecular flexibility index (Phi) is 1.80. The maximum atomic E-state index is 11.4. The van der Waals surface area contributed by atoms with E-state index in [0.29, 0.717) is 12.2 Å². The molecule has 1 aliphatic rings. The zero-order valence-electron chi connectivity index (χ0n) is 6.80. The fourth-order valence-corrected chi connectivity index (χ4v) is 2.19. The van der Waals surface area contributed by atoms with Crippen LogP contribution in [0.2, 0.25) is 0 Å². The summed E-state index contributed by atoms with van der Waals surface area (Å²) in [6.45, 7) is 1.97. The lowest BCUT2D eigenvalue weighted by molar-refractivity contribution is -0.118. The van der Waals surface area contributed by atoms with Gasteiger partial charge in [-0.05, 0) is 17.2 Å². The number of hydrogen-bond acceptors (Lipinski definition) is 1. The van der Waals surface area contributed by atoms with Gasteiger partial charge in [0.25, 0.3) is 0 Å². The number of halogens is 1. The van der Waals surface area contributed by atoms with Crippen molar-refractivity contribution in [3.05, 3.63) is 33.8 Å². The van der Waals surface area contributed by atoms with E-state index < -0.39 is 0 Å². The Balaban J connectivity index is 2.60. The van der Waals surface area contributed by atoms with E-state index in [1.54, 1.807) is 0 Å². The monoisotopic (exact) mass is 224 g/mol. The van der Waals surface area contributed by atoms with E-state index in [4.69, 9.17) is 0 Å². The second kappa shape index (κ2) is 2.70. The molecule has 62 valence electrons. The van der Waals surface area contributed by atoms with Crippen molar-refractivity contribution in [2.24, 2.45) is 0 Å². The number of benzene rings is 1. The molecule has 1 aromatic carbocycles. The van der Waals surface area contributed by atoms with Crippen molar-refractivity contribution >= 4 is 21.7 Å². The Morgan fingerprint density at radius 3 is 2.92 bits per heavy atom. The third-order valence-electron chi connectivity index (χ3n) is 2.46. The molecule has 0 saturated heterocycles. The van der Waals surface area contributed by atoms with Crippen LogP contribution < -0.4 is 0 Å². The number of ketones is 1. The van der Waals surface area contributed by atoms with Gasteiger partial charge in [0.1, 0.15) is 5.78 Å². The highest BCUT2D eigenvalue weighted by Crippen LogP contribution is 2.34. The van der Waals surface area contributed by atoms with Crippen LogP contribution in [0.4, 0.5) is 0 Å². The van der Waals surface area contributed by atoms with Gasteiger partial charge in [0, 0.05) is 16.8 Å². The third kappa shape index (κ3) is 1.02. The van der Waals surface area contributed by atoms with Gasteiger partial charge >= 0.3 is 0 Å². The van der Waals surface area contributed by atoms with Gasteiger partial charge in [-0.2, -0.15) is 0 Å². The first-order valence-electron chi connectivity index (χ1n) is 4.00. The minimum atomic E-state index is 0.0949. The van der Waals surface area contributed by atoms with Crippen LogP contribution in [0.5, 0.6) is 0 Å².